The maximum Gasteiger partial charge on any atom is 0.270 e. The molecule has 150 valence electrons. The fraction of sp³-hybridized carbons (Fsp3) is 0.333. The van der Waals surface area contributed by atoms with Crippen molar-refractivity contribution in [3.63, 3.8) is 0 Å². The van der Waals surface area contributed by atoms with Crippen molar-refractivity contribution in [2.75, 3.05) is 29.9 Å². The number of para-hydroxylation sites is 1. The average Bonchev–Trinajstić information content (AvgIpc) is 3.17. The predicted octanol–water partition coefficient (Wildman–Crippen LogP) is 4.72. The fourth-order valence-corrected chi connectivity index (χ4v) is 4.53. The monoisotopic (exact) mass is 410 g/mol. The number of aromatic nitrogens is 1. The Balaban J connectivity index is 1.71. The van der Waals surface area contributed by atoms with E-state index in [-0.39, 0.29) is 11.6 Å². The van der Waals surface area contributed by atoms with E-state index in [0.29, 0.717) is 16.6 Å². The van der Waals surface area contributed by atoms with Crippen molar-refractivity contribution in [3.05, 3.63) is 58.1 Å². The summed E-state index contributed by atoms with van der Waals surface area (Å²) in [6.07, 6.45) is 2.08. The van der Waals surface area contributed by atoms with E-state index in [1.165, 1.54) is 28.4 Å². The summed E-state index contributed by atoms with van der Waals surface area (Å²) in [5.74, 6) is 0.357. The molecular formula is C21H22N4O3S. The highest BCUT2D eigenvalue weighted by atomic mass is 32.1. The highest BCUT2D eigenvalue weighted by Gasteiger charge is 2.26. The summed E-state index contributed by atoms with van der Waals surface area (Å²) in [6.45, 7) is 3.90. The number of carbonyl (C=O) groups excluding carboxylic acids is 1. The van der Waals surface area contributed by atoms with Crippen molar-refractivity contribution in [2.24, 2.45) is 5.92 Å². The van der Waals surface area contributed by atoms with Crippen LogP contribution in [0.1, 0.15) is 30.1 Å². The zero-order valence-corrected chi connectivity index (χ0v) is 17.2. The molecule has 1 saturated heterocycles. The molecule has 29 heavy (non-hydrogen) atoms. The Kier molecular flexibility index (Phi) is 5.19. The van der Waals surface area contributed by atoms with Gasteiger partial charge >= 0.3 is 0 Å². The summed E-state index contributed by atoms with van der Waals surface area (Å²) in [5.41, 5.74) is 1.84. The second kappa shape index (κ2) is 7.79. The van der Waals surface area contributed by atoms with Crippen molar-refractivity contribution in [1.29, 1.82) is 0 Å². The maximum atomic E-state index is 13.4. The van der Waals surface area contributed by atoms with Crippen LogP contribution in [0.5, 0.6) is 0 Å². The molecule has 1 amide bonds. The normalized spacial score (nSPS) is 14.9. The Bertz CT molecular complexity index is 1040. The van der Waals surface area contributed by atoms with Gasteiger partial charge < -0.3 is 4.90 Å². The van der Waals surface area contributed by atoms with Gasteiger partial charge in [-0.25, -0.2) is 4.98 Å². The first-order chi connectivity index (χ1) is 13.9. The lowest BCUT2D eigenvalue weighted by molar-refractivity contribution is -0.384. The summed E-state index contributed by atoms with van der Waals surface area (Å²) < 4.78 is 0.992. The van der Waals surface area contributed by atoms with E-state index >= 15 is 0 Å². The minimum atomic E-state index is -0.462. The minimum Gasteiger partial charge on any atom is -0.371 e. The number of thiazole rings is 1. The number of benzene rings is 2. The SMILES string of the molecule is CC1CCN(c2ccc([N+](=O)[O-])cc2C(=O)N(C)c2nc3ccccc3s2)CC1. The second-order valence-corrected chi connectivity index (χ2v) is 8.47. The number of carbonyl (C=O) groups is 1. The van der Waals surface area contributed by atoms with Crippen molar-refractivity contribution < 1.29 is 9.72 Å². The number of nitro benzene ring substituents is 1. The maximum absolute atomic E-state index is 13.4. The lowest BCUT2D eigenvalue weighted by Crippen LogP contribution is -2.35. The standard InChI is InChI=1S/C21H22N4O3S/c1-14-9-11-24(12-10-14)18-8-7-15(25(27)28)13-16(18)20(26)23(2)21-22-17-5-3-4-6-19(17)29-21/h3-8,13-14H,9-12H2,1-2H3. The summed E-state index contributed by atoms with van der Waals surface area (Å²) >= 11 is 1.43. The fourth-order valence-electron chi connectivity index (χ4n) is 3.61. The van der Waals surface area contributed by atoms with Crippen molar-refractivity contribution in [1.82, 2.24) is 4.98 Å². The third-order valence-electron chi connectivity index (χ3n) is 5.42. The van der Waals surface area contributed by atoms with E-state index in [9.17, 15) is 14.9 Å². The van der Waals surface area contributed by atoms with Crippen molar-refractivity contribution in [3.8, 4) is 0 Å². The Hall–Kier alpha value is -3.00. The highest BCUT2D eigenvalue weighted by molar-refractivity contribution is 7.22. The van der Waals surface area contributed by atoms with E-state index in [0.717, 1.165) is 41.8 Å². The number of nitrogens with zero attached hydrogens (tertiary/aromatic N) is 4. The van der Waals surface area contributed by atoms with Gasteiger partial charge in [0.05, 0.1) is 26.4 Å². The molecule has 0 atom stereocenters. The van der Waals surface area contributed by atoms with E-state index < -0.39 is 4.92 Å². The first kappa shape index (κ1) is 19.3. The average molecular weight is 410 g/mol. The van der Waals surface area contributed by atoms with Gasteiger partial charge in [0.25, 0.3) is 11.6 Å². The van der Waals surface area contributed by atoms with Crippen LogP contribution >= 0.6 is 11.3 Å². The molecule has 2 aromatic carbocycles. The second-order valence-electron chi connectivity index (χ2n) is 7.46. The van der Waals surface area contributed by atoms with Gasteiger partial charge in [0.2, 0.25) is 0 Å². The molecule has 0 saturated carbocycles. The highest BCUT2D eigenvalue weighted by Crippen LogP contribution is 2.33. The number of anilines is 2. The Morgan fingerprint density at radius 3 is 2.66 bits per heavy atom. The molecule has 8 heteroatoms. The number of hydrogen-bond donors (Lipinski definition) is 0. The summed E-state index contributed by atoms with van der Waals surface area (Å²) in [4.78, 5) is 32.4. The topological polar surface area (TPSA) is 79.6 Å². The van der Waals surface area contributed by atoms with Crippen LogP contribution in [-0.2, 0) is 0 Å². The number of fused-ring (bicyclic) bond motifs is 1. The van der Waals surface area contributed by atoms with Crippen LogP contribution in [0.15, 0.2) is 42.5 Å². The first-order valence-corrected chi connectivity index (χ1v) is 10.4. The Labute approximate surface area is 172 Å². The van der Waals surface area contributed by atoms with Gasteiger partial charge in [0.15, 0.2) is 5.13 Å². The number of piperidine rings is 1. The van der Waals surface area contributed by atoms with Crippen LogP contribution in [0.3, 0.4) is 0 Å². The molecule has 0 radical (unpaired) electrons. The van der Waals surface area contributed by atoms with Gasteiger partial charge in [-0.15, -0.1) is 0 Å². The Morgan fingerprint density at radius 2 is 1.97 bits per heavy atom. The summed E-state index contributed by atoms with van der Waals surface area (Å²) in [7, 11) is 1.67. The van der Waals surface area contributed by atoms with Crippen molar-refractivity contribution in [2.45, 2.75) is 19.8 Å². The molecule has 1 fully saturated rings. The van der Waals surface area contributed by atoms with Gasteiger partial charge in [-0.3, -0.25) is 19.8 Å². The van der Waals surface area contributed by atoms with Crippen LogP contribution in [0.4, 0.5) is 16.5 Å². The smallest absolute Gasteiger partial charge is 0.270 e. The number of nitro groups is 1. The predicted molar refractivity (Wildman–Crippen MR) is 116 cm³/mol. The quantitative estimate of drug-likeness (QED) is 0.459. The van der Waals surface area contributed by atoms with Crippen molar-refractivity contribution >= 4 is 44.0 Å². The number of amides is 1. The number of non-ortho nitro benzene ring substituents is 1. The zero-order valence-electron chi connectivity index (χ0n) is 16.4. The van der Waals surface area contributed by atoms with Gasteiger partial charge in [-0.2, -0.15) is 0 Å². The third kappa shape index (κ3) is 3.80. The van der Waals surface area contributed by atoms with Crippen LogP contribution < -0.4 is 9.80 Å². The Morgan fingerprint density at radius 1 is 1.24 bits per heavy atom. The molecule has 1 aliphatic heterocycles. The van der Waals surface area contributed by atoms with Gasteiger partial charge in [-0.1, -0.05) is 30.4 Å². The zero-order chi connectivity index (χ0) is 20.5. The molecule has 0 aliphatic carbocycles. The molecule has 0 N–H and O–H groups in total. The lowest BCUT2D eigenvalue weighted by atomic mass is 9.97. The van der Waals surface area contributed by atoms with Crippen LogP contribution in [0.2, 0.25) is 0 Å². The summed E-state index contributed by atoms with van der Waals surface area (Å²) in [6, 6.07) is 12.3. The molecule has 2 heterocycles. The molecule has 3 aromatic rings. The lowest BCUT2D eigenvalue weighted by Gasteiger charge is -2.33. The van der Waals surface area contributed by atoms with E-state index in [1.54, 1.807) is 13.1 Å². The molecule has 0 spiro atoms. The van der Waals surface area contributed by atoms with Crippen LogP contribution in [0, 0.1) is 16.0 Å². The van der Waals surface area contributed by atoms with Gasteiger partial charge in [0, 0.05) is 32.3 Å². The third-order valence-corrected chi connectivity index (χ3v) is 6.53. The molecular weight excluding hydrogens is 388 g/mol. The minimum absolute atomic E-state index is 0.0832. The molecule has 7 nitrogen and oxygen atoms in total. The molecule has 4 rings (SSSR count). The number of hydrogen-bond acceptors (Lipinski definition) is 6. The molecule has 1 aliphatic rings. The van der Waals surface area contributed by atoms with Crippen LogP contribution in [-0.4, -0.2) is 36.0 Å². The van der Waals surface area contributed by atoms with Gasteiger partial charge in [-0.05, 0) is 37.0 Å². The first-order valence-electron chi connectivity index (χ1n) is 9.61. The van der Waals surface area contributed by atoms with E-state index in [2.05, 4.69) is 16.8 Å². The van der Waals surface area contributed by atoms with E-state index in [4.69, 9.17) is 0 Å². The largest absolute Gasteiger partial charge is 0.371 e. The van der Waals surface area contributed by atoms with Gasteiger partial charge in [0.1, 0.15) is 0 Å². The molecule has 0 unspecified atom stereocenters. The van der Waals surface area contributed by atoms with Crippen LogP contribution in [0.25, 0.3) is 10.2 Å². The molecule has 1 aromatic heterocycles. The van der Waals surface area contributed by atoms with E-state index in [1.807, 2.05) is 24.3 Å². The molecule has 0 bridgehead atoms. The number of rotatable bonds is 4. The summed E-state index contributed by atoms with van der Waals surface area (Å²) in [5, 5.41) is 11.9.